The van der Waals surface area contributed by atoms with Crippen LogP contribution in [0.25, 0.3) is 0 Å². The number of carbonyl (C=O) groups excluding carboxylic acids is 1. The van der Waals surface area contributed by atoms with Crippen molar-refractivity contribution in [2.45, 2.75) is 32.2 Å². The molecule has 0 radical (unpaired) electrons. The maximum atomic E-state index is 11.8. The van der Waals surface area contributed by atoms with Crippen molar-refractivity contribution in [3.8, 4) is 0 Å². The van der Waals surface area contributed by atoms with Gasteiger partial charge in [0.2, 0.25) is 5.91 Å². The summed E-state index contributed by atoms with van der Waals surface area (Å²) in [7, 11) is 0. The molecule has 1 aliphatic rings. The van der Waals surface area contributed by atoms with Crippen LogP contribution in [0.5, 0.6) is 0 Å². The predicted octanol–water partition coefficient (Wildman–Crippen LogP) is 2.24. The standard InChI is InChI=1S/C15H22N2O/c1-11(12-7-8-12)10-17-15(18)9-14(16)13-5-3-2-4-6-13/h2-6,11-12,14H,7-10,16H2,1H3,(H,17,18). The molecule has 1 amide bonds. The van der Waals surface area contributed by atoms with Crippen LogP contribution in [0, 0.1) is 11.8 Å². The first kappa shape index (κ1) is 13.1. The molecule has 18 heavy (non-hydrogen) atoms. The molecular weight excluding hydrogens is 224 g/mol. The summed E-state index contributed by atoms with van der Waals surface area (Å²) in [4.78, 5) is 11.8. The van der Waals surface area contributed by atoms with Gasteiger partial charge in [0.1, 0.15) is 0 Å². The highest BCUT2D eigenvalue weighted by atomic mass is 16.1. The van der Waals surface area contributed by atoms with Gasteiger partial charge in [-0.2, -0.15) is 0 Å². The Morgan fingerprint density at radius 1 is 1.39 bits per heavy atom. The first-order valence-electron chi connectivity index (χ1n) is 6.74. The van der Waals surface area contributed by atoms with Crippen molar-refractivity contribution in [1.82, 2.24) is 5.32 Å². The lowest BCUT2D eigenvalue weighted by Gasteiger charge is -2.14. The number of benzene rings is 1. The Morgan fingerprint density at radius 3 is 2.67 bits per heavy atom. The van der Waals surface area contributed by atoms with Gasteiger partial charge in [0.25, 0.3) is 0 Å². The molecule has 2 rings (SSSR count). The minimum Gasteiger partial charge on any atom is -0.356 e. The van der Waals surface area contributed by atoms with E-state index in [1.807, 2.05) is 30.3 Å². The van der Waals surface area contributed by atoms with E-state index in [9.17, 15) is 4.79 Å². The molecule has 1 aromatic rings. The van der Waals surface area contributed by atoms with E-state index in [0.717, 1.165) is 18.0 Å². The quantitative estimate of drug-likeness (QED) is 0.808. The minimum atomic E-state index is -0.206. The molecule has 2 atom stereocenters. The van der Waals surface area contributed by atoms with E-state index in [-0.39, 0.29) is 11.9 Å². The first-order valence-corrected chi connectivity index (χ1v) is 6.74. The van der Waals surface area contributed by atoms with Crippen LogP contribution in [0.15, 0.2) is 30.3 Å². The van der Waals surface area contributed by atoms with E-state index in [1.165, 1.54) is 12.8 Å². The molecule has 1 fully saturated rings. The minimum absolute atomic E-state index is 0.0545. The van der Waals surface area contributed by atoms with E-state index < -0.39 is 0 Å². The van der Waals surface area contributed by atoms with Crippen LogP contribution in [0.2, 0.25) is 0 Å². The summed E-state index contributed by atoms with van der Waals surface area (Å²) >= 11 is 0. The molecule has 3 nitrogen and oxygen atoms in total. The number of nitrogens with one attached hydrogen (secondary N) is 1. The van der Waals surface area contributed by atoms with Gasteiger partial charge in [-0.25, -0.2) is 0 Å². The molecule has 3 heteroatoms. The lowest BCUT2D eigenvalue weighted by Crippen LogP contribution is -2.31. The van der Waals surface area contributed by atoms with E-state index in [2.05, 4.69) is 12.2 Å². The highest BCUT2D eigenvalue weighted by Crippen LogP contribution is 2.36. The van der Waals surface area contributed by atoms with E-state index in [4.69, 9.17) is 5.73 Å². The molecule has 1 aliphatic carbocycles. The van der Waals surface area contributed by atoms with Crippen LogP contribution in [0.4, 0.5) is 0 Å². The Balaban J connectivity index is 1.73. The molecule has 1 aromatic carbocycles. The first-order chi connectivity index (χ1) is 8.66. The molecule has 0 aliphatic heterocycles. The Kier molecular flexibility index (Phi) is 4.37. The predicted molar refractivity (Wildman–Crippen MR) is 72.9 cm³/mol. The second-order valence-electron chi connectivity index (χ2n) is 5.34. The van der Waals surface area contributed by atoms with Crippen molar-refractivity contribution in [3.05, 3.63) is 35.9 Å². The summed E-state index contributed by atoms with van der Waals surface area (Å²) < 4.78 is 0. The number of rotatable bonds is 6. The van der Waals surface area contributed by atoms with Crippen LogP contribution < -0.4 is 11.1 Å². The van der Waals surface area contributed by atoms with Crippen molar-refractivity contribution in [2.75, 3.05) is 6.54 Å². The van der Waals surface area contributed by atoms with Crippen molar-refractivity contribution in [3.63, 3.8) is 0 Å². The molecule has 0 spiro atoms. The van der Waals surface area contributed by atoms with E-state index in [1.54, 1.807) is 0 Å². The maximum absolute atomic E-state index is 11.8. The Bertz CT molecular complexity index is 387. The number of amides is 1. The second-order valence-corrected chi connectivity index (χ2v) is 5.34. The zero-order chi connectivity index (χ0) is 13.0. The molecule has 3 N–H and O–H groups in total. The number of nitrogens with two attached hydrogens (primary N) is 1. The van der Waals surface area contributed by atoms with Crippen LogP contribution in [-0.4, -0.2) is 12.5 Å². The molecule has 0 aromatic heterocycles. The average molecular weight is 246 g/mol. The van der Waals surface area contributed by atoms with Crippen molar-refractivity contribution >= 4 is 5.91 Å². The molecule has 1 saturated carbocycles. The molecule has 2 unspecified atom stereocenters. The SMILES string of the molecule is CC(CNC(=O)CC(N)c1ccccc1)C1CC1. The largest absolute Gasteiger partial charge is 0.356 e. The molecule has 0 saturated heterocycles. The van der Waals surface area contributed by atoms with Crippen molar-refractivity contribution < 1.29 is 4.79 Å². The Morgan fingerprint density at radius 2 is 2.06 bits per heavy atom. The van der Waals surface area contributed by atoms with Crippen LogP contribution >= 0.6 is 0 Å². The normalized spacial score (nSPS) is 18.1. The molecule has 0 bridgehead atoms. The molecule has 98 valence electrons. The Hall–Kier alpha value is -1.35. The van der Waals surface area contributed by atoms with Crippen LogP contribution in [0.1, 0.15) is 37.8 Å². The topological polar surface area (TPSA) is 55.1 Å². The van der Waals surface area contributed by atoms with Gasteiger partial charge in [-0.05, 0) is 30.2 Å². The zero-order valence-corrected chi connectivity index (χ0v) is 10.9. The van der Waals surface area contributed by atoms with Crippen LogP contribution in [0.3, 0.4) is 0 Å². The average Bonchev–Trinajstić information content (AvgIpc) is 3.21. The monoisotopic (exact) mass is 246 g/mol. The fraction of sp³-hybridized carbons (Fsp3) is 0.533. The zero-order valence-electron chi connectivity index (χ0n) is 10.9. The van der Waals surface area contributed by atoms with E-state index >= 15 is 0 Å². The van der Waals surface area contributed by atoms with Gasteiger partial charge < -0.3 is 11.1 Å². The molecule has 0 heterocycles. The third-order valence-electron chi connectivity index (χ3n) is 3.68. The summed E-state index contributed by atoms with van der Waals surface area (Å²) in [5, 5.41) is 2.99. The van der Waals surface area contributed by atoms with Gasteiger partial charge in [0.15, 0.2) is 0 Å². The van der Waals surface area contributed by atoms with Gasteiger partial charge >= 0.3 is 0 Å². The third-order valence-corrected chi connectivity index (χ3v) is 3.68. The smallest absolute Gasteiger partial charge is 0.221 e. The van der Waals surface area contributed by atoms with Gasteiger partial charge in [0, 0.05) is 19.0 Å². The van der Waals surface area contributed by atoms with Gasteiger partial charge in [-0.15, -0.1) is 0 Å². The van der Waals surface area contributed by atoms with Gasteiger partial charge in [-0.1, -0.05) is 37.3 Å². The Labute approximate surface area is 109 Å². The van der Waals surface area contributed by atoms with Crippen LogP contribution in [-0.2, 0) is 4.79 Å². The van der Waals surface area contributed by atoms with E-state index in [0.29, 0.717) is 12.3 Å². The number of hydrogen-bond donors (Lipinski definition) is 2. The van der Waals surface area contributed by atoms with Crippen molar-refractivity contribution in [2.24, 2.45) is 17.6 Å². The lowest BCUT2D eigenvalue weighted by molar-refractivity contribution is -0.121. The second kappa shape index (κ2) is 6.01. The highest BCUT2D eigenvalue weighted by Gasteiger charge is 2.27. The molecular formula is C15H22N2O. The highest BCUT2D eigenvalue weighted by molar-refractivity contribution is 5.76. The fourth-order valence-corrected chi connectivity index (χ4v) is 2.20. The summed E-state index contributed by atoms with van der Waals surface area (Å²) in [6.07, 6.45) is 3.00. The summed E-state index contributed by atoms with van der Waals surface area (Å²) in [5.74, 6) is 1.48. The summed E-state index contributed by atoms with van der Waals surface area (Å²) in [6.45, 7) is 2.99. The number of hydrogen-bond acceptors (Lipinski definition) is 2. The third kappa shape index (κ3) is 3.84. The van der Waals surface area contributed by atoms with Crippen molar-refractivity contribution in [1.29, 1.82) is 0 Å². The lowest BCUT2D eigenvalue weighted by atomic mass is 10.0. The maximum Gasteiger partial charge on any atom is 0.221 e. The van der Waals surface area contributed by atoms with Gasteiger partial charge in [-0.3, -0.25) is 4.79 Å². The fourth-order valence-electron chi connectivity index (χ4n) is 2.20. The number of carbonyl (C=O) groups is 1. The summed E-state index contributed by atoms with van der Waals surface area (Å²) in [5.41, 5.74) is 7.03. The summed E-state index contributed by atoms with van der Waals surface area (Å²) in [6, 6.07) is 9.57. The van der Waals surface area contributed by atoms with Gasteiger partial charge in [0.05, 0.1) is 0 Å².